The Morgan fingerprint density at radius 3 is 2.68 bits per heavy atom. The molecule has 1 saturated heterocycles. The Morgan fingerprint density at radius 2 is 1.92 bits per heavy atom. The molecule has 0 spiro atoms. The van der Waals surface area contributed by atoms with Crippen LogP contribution in [0.15, 0.2) is 48.8 Å². The van der Waals surface area contributed by atoms with E-state index in [0.29, 0.717) is 10.9 Å². The summed E-state index contributed by atoms with van der Waals surface area (Å²) in [5, 5.41) is 5.00. The predicted octanol–water partition coefficient (Wildman–Crippen LogP) is 4.84. The fourth-order valence-corrected chi connectivity index (χ4v) is 3.61. The third-order valence-electron chi connectivity index (χ3n) is 4.94. The van der Waals surface area contributed by atoms with E-state index in [1.54, 1.807) is 6.20 Å². The molecule has 0 unspecified atom stereocenters. The lowest BCUT2D eigenvalue weighted by molar-refractivity contribution is 0.255. The summed E-state index contributed by atoms with van der Waals surface area (Å²) in [7, 11) is 2.19. The van der Waals surface area contributed by atoms with Crippen molar-refractivity contribution in [1.82, 2.24) is 14.9 Å². The van der Waals surface area contributed by atoms with E-state index in [4.69, 9.17) is 11.6 Å². The van der Waals surface area contributed by atoms with Gasteiger partial charge in [0.05, 0.1) is 10.5 Å². The van der Waals surface area contributed by atoms with Crippen LogP contribution in [0.4, 0.5) is 11.5 Å². The zero-order chi connectivity index (χ0) is 17.2. The number of piperidine rings is 1. The van der Waals surface area contributed by atoms with E-state index < -0.39 is 0 Å². The number of nitrogens with one attached hydrogen (secondary N) is 1. The molecule has 3 heterocycles. The summed E-state index contributed by atoms with van der Waals surface area (Å²) in [4.78, 5) is 11.3. The molecule has 1 aliphatic heterocycles. The van der Waals surface area contributed by atoms with Crippen molar-refractivity contribution in [3.63, 3.8) is 0 Å². The van der Waals surface area contributed by atoms with Crippen molar-refractivity contribution in [1.29, 1.82) is 0 Å². The Labute approximate surface area is 152 Å². The Morgan fingerprint density at radius 1 is 1.08 bits per heavy atom. The van der Waals surface area contributed by atoms with E-state index >= 15 is 0 Å². The number of anilines is 2. The van der Waals surface area contributed by atoms with Gasteiger partial charge in [-0.2, -0.15) is 0 Å². The molecule has 0 atom stereocenters. The van der Waals surface area contributed by atoms with E-state index in [9.17, 15) is 0 Å². The first-order valence-corrected chi connectivity index (χ1v) is 9.02. The van der Waals surface area contributed by atoms with Crippen LogP contribution in [0.1, 0.15) is 24.3 Å². The molecule has 2 aromatic heterocycles. The lowest BCUT2D eigenvalue weighted by Gasteiger charge is -2.29. The van der Waals surface area contributed by atoms with Crippen LogP contribution in [-0.2, 0) is 0 Å². The topological polar surface area (TPSA) is 41.0 Å². The molecule has 0 bridgehead atoms. The second-order valence-corrected chi connectivity index (χ2v) is 7.11. The smallest absolute Gasteiger partial charge is 0.130 e. The molecule has 128 valence electrons. The van der Waals surface area contributed by atoms with Crippen molar-refractivity contribution < 1.29 is 0 Å². The van der Waals surface area contributed by atoms with Crippen LogP contribution in [0.3, 0.4) is 0 Å². The first-order valence-electron chi connectivity index (χ1n) is 8.65. The second kappa shape index (κ2) is 6.98. The lowest BCUT2D eigenvalue weighted by atomic mass is 9.91. The third-order valence-corrected chi connectivity index (χ3v) is 5.27. The first kappa shape index (κ1) is 16.3. The highest BCUT2D eigenvalue weighted by Gasteiger charge is 2.18. The van der Waals surface area contributed by atoms with Crippen LogP contribution in [0.5, 0.6) is 0 Å². The standard InChI is InChI=1S/C20H21ClN4/c1-25-10-7-14(8-11-25)15-2-5-20(23-13-15)24-16-3-4-19-17(12-16)18(21)6-9-22-19/h2-6,9,12-14H,7-8,10-11H2,1H3,(H,23,24). The minimum atomic E-state index is 0.628. The Kier molecular flexibility index (Phi) is 4.55. The number of fused-ring (bicyclic) bond motifs is 1. The molecule has 3 aromatic rings. The zero-order valence-corrected chi connectivity index (χ0v) is 15.0. The van der Waals surface area contributed by atoms with Crippen LogP contribution < -0.4 is 5.32 Å². The third kappa shape index (κ3) is 3.60. The number of hydrogen-bond donors (Lipinski definition) is 1. The van der Waals surface area contributed by atoms with Crippen molar-refractivity contribution in [2.75, 3.05) is 25.5 Å². The maximum Gasteiger partial charge on any atom is 0.130 e. The SMILES string of the molecule is CN1CCC(c2ccc(Nc3ccc4nccc(Cl)c4c3)nc2)CC1. The highest BCUT2D eigenvalue weighted by atomic mass is 35.5. The molecule has 0 radical (unpaired) electrons. The average molecular weight is 353 g/mol. The van der Waals surface area contributed by atoms with Crippen LogP contribution in [0, 0.1) is 0 Å². The molecule has 1 N–H and O–H groups in total. The van der Waals surface area contributed by atoms with Crippen LogP contribution in [0.2, 0.25) is 5.02 Å². The largest absolute Gasteiger partial charge is 0.340 e. The summed E-state index contributed by atoms with van der Waals surface area (Å²) in [5.41, 5.74) is 3.19. The van der Waals surface area contributed by atoms with Crippen LogP contribution >= 0.6 is 11.6 Å². The predicted molar refractivity (Wildman–Crippen MR) is 104 cm³/mol. The molecule has 1 aromatic carbocycles. The quantitative estimate of drug-likeness (QED) is 0.732. The van der Waals surface area contributed by atoms with Crippen LogP contribution in [-0.4, -0.2) is 35.0 Å². The van der Waals surface area contributed by atoms with E-state index in [-0.39, 0.29) is 0 Å². The summed E-state index contributed by atoms with van der Waals surface area (Å²) in [6.45, 7) is 2.33. The van der Waals surface area contributed by atoms with Gasteiger partial charge in [-0.1, -0.05) is 17.7 Å². The minimum absolute atomic E-state index is 0.628. The summed E-state index contributed by atoms with van der Waals surface area (Å²) < 4.78 is 0. The van der Waals surface area contributed by atoms with Crippen molar-refractivity contribution in [3.8, 4) is 0 Å². The molecular formula is C20H21ClN4. The van der Waals surface area contributed by atoms with E-state index in [2.05, 4.69) is 39.4 Å². The van der Waals surface area contributed by atoms with Gasteiger partial charge in [-0.25, -0.2) is 4.98 Å². The Balaban J connectivity index is 1.50. The Hall–Kier alpha value is -2.17. The van der Waals surface area contributed by atoms with Gasteiger partial charge in [0.2, 0.25) is 0 Å². The molecule has 1 fully saturated rings. The number of pyridine rings is 2. The molecule has 0 amide bonds. The Bertz CT molecular complexity index is 871. The highest BCUT2D eigenvalue weighted by Crippen LogP contribution is 2.29. The van der Waals surface area contributed by atoms with Gasteiger partial charge in [0.1, 0.15) is 5.82 Å². The average Bonchev–Trinajstić information content (AvgIpc) is 2.64. The molecule has 1 aliphatic rings. The van der Waals surface area contributed by atoms with E-state index in [1.807, 2.05) is 30.5 Å². The normalized spacial score (nSPS) is 16.2. The molecule has 4 rings (SSSR count). The van der Waals surface area contributed by atoms with Gasteiger partial charge in [0, 0.05) is 23.5 Å². The van der Waals surface area contributed by atoms with Gasteiger partial charge in [0.15, 0.2) is 0 Å². The second-order valence-electron chi connectivity index (χ2n) is 6.70. The van der Waals surface area contributed by atoms with E-state index in [1.165, 1.54) is 18.4 Å². The van der Waals surface area contributed by atoms with Gasteiger partial charge in [-0.3, -0.25) is 4.98 Å². The number of hydrogen-bond acceptors (Lipinski definition) is 4. The minimum Gasteiger partial charge on any atom is -0.340 e. The maximum absolute atomic E-state index is 6.26. The van der Waals surface area contributed by atoms with Crippen molar-refractivity contribution >= 4 is 34.0 Å². The van der Waals surface area contributed by atoms with Crippen LogP contribution in [0.25, 0.3) is 10.9 Å². The number of benzene rings is 1. The number of halogens is 1. The number of nitrogens with zero attached hydrogens (tertiary/aromatic N) is 3. The molecule has 5 heteroatoms. The van der Waals surface area contributed by atoms with Crippen molar-refractivity contribution in [3.05, 3.63) is 59.4 Å². The monoisotopic (exact) mass is 352 g/mol. The first-order chi connectivity index (χ1) is 12.2. The van der Waals surface area contributed by atoms with Crippen molar-refractivity contribution in [2.45, 2.75) is 18.8 Å². The molecule has 0 saturated carbocycles. The fraction of sp³-hybridized carbons (Fsp3) is 0.300. The molecular weight excluding hydrogens is 332 g/mol. The summed E-state index contributed by atoms with van der Waals surface area (Å²) in [6.07, 6.45) is 6.15. The number of rotatable bonds is 3. The van der Waals surface area contributed by atoms with Gasteiger partial charge >= 0.3 is 0 Å². The highest BCUT2D eigenvalue weighted by molar-refractivity contribution is 6.35. The van der Waals surface area contributed by atoms with Gasteiger partial charge < -0.3 is 10.2 Å². The number of likely N-dealkylation sites (tertiary alicyclic amines) is 1. The summed E-state index contributed by atoms with van der Waals surface area (Å²) in [6, 6.07) is 12.0. The summed E-state index contributed by atoms with van der Waals surface area (Å²) in [5.74, 6) is 1.47. The van der Waals surface area contributed by atoms with Gasteiger partial charge in [-0.15, -0.1) is 0 Å². The maximum atomic E-state index is 6.26. The number of aromatic nitrogens is 2. The zero-order valence-electron chi connectivity index (χ0n) is 14.2. The molecule has 0 aliphatic carbocycles. The molecule has 4 nitrogen and oxygen atoms in total. The van der Waals surface area contributed by atoms with Gasteiger partial charge in [-0.05, 0) is 74.8 Å². The van der Waals surface area contributed by atoms with E-state index in [0.717, 1.165) is 35.5 Å². The van der Waals surface area contributed by atoms with Crippen molar-refractivity contribution in [2.24, 2.45) is 0 Å². The molecule has 25 heavy (non-hydrogen) atoms. The lowest BCUT2D eigenvalue weighted by Crippen LogP contribution is -2.29. The summed E-state index contributed by atoms with van der Waals surface area (Å²) >= 11 is 6.26. The fourth-order valence-electron chi connectivity index (χ4n) is 3.40. The van der Waals surface area contributed by atoms with Gasteiger partial charge in [0.25, 0.3) is 0 Å².